The summed E-state index contributed by atoms with van der Waals surface area (Å²) in [6.07, 6.45) is 2.95. The summed E-state index contributed by atoms with van der Waals surface area (Å²) in [5.74, 6) is 0. The molecule has 0 N–H and O–H groups in total. The van der Waals surface area contributed by atoms with Gasteiger partial charge in [0.2, 0.25) is 0 Å². The van der Waals surface area contributed by atoms with Crippen molar-refractivity contribution >= 4 is 0 Å². The number of hydrogen-bond acceptors (Lipinski definition) is 3. The zero-order valence-corrected chi connectivity index (χ0v) is 5.84. The van der Waals surface area contributed by atoms with Gasteiger partial charge in [-0.25, -0.2) is 0 Å². The molecular formula is C7H11O3. The summed E-state index contributed by atoms with van der Waals surface area (Å²) in [6, 6.07) is 0. The molecule has 0 saturated carbocycles. The average molecular weight is 143 g/mol. The van der Waals surface area contributed by atoms with Gasteiger partial charge in [-0.3, -0.25) is 0 Å². The van der Waals surface area contributed by atoms with Gasteiger partial charge in [0, 0.05) is 6.61 Å². The molecule has 2 rings (SSSR count). The molecule has 2 saturated heterocycles. The van der Waals surface area contributed by atoms with Crippen molar-refractivity contribution in [2.75, 3.05) is 19.8 Å². The lowest BCUT2D eigenvalue weighted by Gasteiger charge is -2.13. The van der Waals surface area contributed by atoms with E-state index < -0.39 is 0 Å². The number of ether oxygens (including phenoxy) is 3. The minimum absolute atomic E-state index is 0.150. The van der Waals surface area contributed by atoms with Crippen LogP contribution in [0.3, 0.4) is 0 Å². The van der Waals surface area contributed by atoms with Crippen LogP contribution >= 0.6 is 0 Å². The predicted octanol–water partition coefficient (Wildman–Crippen LogP) is 0.702. The van der Waals surface area contributed by atoms with E-state index in [4.69, 9.17) is 14.2 Å². The highest BCUT2D eigenvalue weighted by atomic mass is 16.7. The van der Waals surface area contributed by atoms with E-state index in [0.717, 1.165) is 25.6 Å². The SMILES string of the molecule is C1CO[C](C2OCCO2)C1. The molecule has 3 heteroatoms. The molecular weight excluding hydrogens is 132 g/mol. The van der Waals surface area contributed by atoms with Gasteiger partial charge in [0.05, 0.1) is 13.2 Å². The van der Waals surface area contributed by atoms with Gasteiger partial charge in [-0.05, 0) is 12.8 Å². The van der Waals surface area contributed by atoms with E-state index in [9.17, 15) is 0 Å². The molecule has 0 amide bonds. The summed E-state index contributed by atoms with van der Waals surface area (Å²) in [7, 11) is 0. The molecule has 1 radical (unpaired) electrons. The fourth-order valence-electron chi connectivity index (χ4n) is 1.25. The van der Waals surface area contributed by atoms with Gasteiger partial charge in [0.25, 0.3) is 0 Å². The summed E-state index contributed by atoms with van der Waals surface area (Å²) in [6.45, 7) is 2.24. The molecule has 57 valence electrons. The van der Waals surface area contributed by atoms with Crippen molar-refractivity contribution in [2.45, 2.75) is 19.1 Å². The third-order valence-corrected chi connectivity index (χ3v) is 1.74. The highest BCUT2D eigenvalue weighted by Crippen LogP contribution is 2.27. The van der Waals surface area contributed by atoms with Crippen molar-refractivity contribution in [3.63, 3.8) is 0 Å². The van der Waals surface area contributed by atoms with Crippen LogP contribution in [0.1, 0.15) is 12.8 Å². The van der Waals surface area contributed by atoms with E-state index >= 15 is 0 Å². The monoisotopic (exact) mass is 143 g/mol. The zero-order valence-electron chi connectivity index (χ0n) is 5.84. The average Bonchev–Trinajstić information content (AvgIpc) is 2.59. The topological polar surface area (TPSA) is 27.7 Å². The first-order chi connectivity index (χ1) is 4.97. The van der Waals surface area contributed by atoms with E-state index in [-0.39, 0.29) is 6.29 Å². The first kappa shape index (κ1) is 6.58. The molecule has 2 aliphatic rings. The van der Waals surface area contributed by atoms with Crippen molar-refractivity contribution in [2.24, 2.45) is 0 Å². The van der Waals surface area contributed by atoms with Crippen LogP contribution in [0.2, 0.25) is 0 Å². The standard InChI is InChI=1S/C7H11O3/c1-2-6(8-3-1)7-9-4-5-10-7/h7H,1-5H2. The second-order valence-electron chi connectivity index (χ2n) is 2.49. The Hall–Kier alpha value is -0.120. The Kier molecular flexibility index (Phi) is 1.88. The molecule has 0 atom stereocenters. The maximum Gasteiger partial charge on any atom is 0.189 e. The van der Waals surface area contributed by atoms with Crippen molar-refractivity contribution in [1.82, 2.24) is 0 Å². The molecule has 3 nitrogen and oxygen atoms in total. The van der Waals surface area contributed by atoms with Crippen molar-refractivity contribution < 1.29 is 14.2 Å². The highest BCUT2D eigenvalue weighted by Gasteiger charge is 2.31. The summed E-state index contributed by atoms with van der Waals surface area (Å²) < 4.78 is 15.8. The van der Waals surface area contributed by atoms with Crippen LogP contribution in [-0.4, -0.2) is 26.1 Å². The van der Waals surface area contributed by atoms with Crippen molar-refractivity contribution in [1.29, 1.82) is 0 Å². The maximum atomic E-state index is 5.30. The first-order valence-corrected chi connectivity index (χ1v) is 3.68. The number of hydrogen-bond donors (Lipinski definition) is 0. The molecule has 0 aromatic heterocycles. The Labute approximate surface area is 60.3 Å². The van der Waals surface area contributed by atoms with E-state index in [1.165, 1.54) is 0 Å². The lowest BCUT2D eigenvalue weighted by atomic mass is 10.2. The summed E-state index contributed by atoms with van der Waals surface area (Å²) >= 11 is 0. The molecule has 10 heavy (non-hydrogen) atoms. The van der Waals surface area contributed by atoms with E-state index in [1.54, 1.807) is 0 Å². The quantitative estimate of drug-likeness (QED) is 0.540. The van der Waals surface area contributed by atoms with Gasteiger partial charge in [-0.1, -0.05) is 0 Å². The maximum absolute atomic E-state index is 5.30. The summed E-state index contributed by atoms with van der Waals surface area (Å²) in [5.41, 5.74) is 0. The molecule has 0 aliphatic carbocycles. The van der Waals surface area contributed by atoms with Gasteiger partial charge >= 0.3 is 0 Å². The molecule has 0 unspecified atom stereocenters. The predicted molar refractivity (Wildman–Crippen MR) is 34.1 cm³/mol. The van der Waals surface area contributed by atoms with E-state index in [1.807, 2.05) is 0 Å². The molecule has 2 heterocycles. The van der Waals surface area contributed by atoms with Gasteiger partial charge in [-0.15, -0.1) is 0 Å². The molecule has 0 bridgehead atoms. The van der Waals surface area contributed by atoms with Crippen LogP contribution < -0.4 is 0 Å². The molecule has 2 aliphatic heterocycles. The van der Waals surface area contributed by atoms with Crippen LogP contribution in [0.5, 0.6) is 0 Å². The Balaban J connectivity index is 1.85. The van der Waals surface area contributed by atoms with Crippen LogP contribution in [0.4, 0.5) is 0 Å². The molecule has 0 spiro atoms. The van der Waals surface area contributed by atoms with Gasteiger partial charge in [0.15, 0.2) is 12.4 Å². The normalized spacial score (nSPS) is 30.0. The van der Waals surface area contributed by atoms with E-state index in [2.05, 4.69) is 0 Å². The molecule has 2 fully saturated rings. The highest BCUT2D eigenvalue weighted by molar-refractivity contribution is 4.88. The molecule has 0 aromatic rings. The lowest BCUT2D eigenvalue weighted by Crippen LogP contribution is -2.17. The molecule has 0 aromatic carbocycles. The first-order valence-electron chi connectivity index (χ1n) is 3.68. The third-order valence-electron chi connectivity index (χ3n) is 1.74. The fraction of sp³-hybridized carbons (Fsp3) is 0.857. The Morgan fingerprint density at radius 1 is 1.10 bits per heavy atom. The smallest absolute Gasteiger partial charge is 0.189 e. The van der Waals surface area contributed by atoms with Crippen molar-refractivity contribution in [3.8, 4) is 0 Å². The van der Waals surface area contributed by atoms with E-state index in [0.29, 0.717) is 13.2 Å². The number of rotatable bonds is 1. The summed E-state index contributed by atoms with van der Waals surface area (Å²) in [5, 5.41) is 0. The van der Waals surface area contributed by atoms with Crippen molar-refractivity contribution in [3.05, 3.63) is 6.10 Å². The Bertz CT molecular complexity index is 89.4. The van der Waals surface area contributed by atoms with Crippen LogP contribution in [0.15, 0.2) is 0 Å². The second kappa shape index (κ2) is 2.86. The Morgan fingerprint density at radius 2 is 1.90 bits per heavy atom. The lowest BCUT2D eigenvalue weighted by molar-refractivity contribution is -0.0766. The van der Waals surface area contributed by atoms with Crippen LogP contribution in [0.25, 0.3) is 0 Å². The minimum Gasteiger partial charge on any atom is -0.366 e. The van der Waals surface area contributed by atoms with Gasteiger partial charge in [-0.2, -0.15) is 0 Å². The summed E-state index contributed by atoms with van der Waals surface area (Å²) in [4.78, 5) is 0. The Morgan fingerprint density at radius 3 is 2.50 bits per heavy atom. The van der Waals surface area contributed by atoms with Crippen LogP contribution in [0, 0.1) is 6.10 Å². The largest absolute Gasteiger partial charge is 0.366 e. The van der Waals surface area contributed by atoms with Gasteiger partial charge in [0.1, 0.15) is 0 Å². The second-order valence-corrected chi connectivity index (χ2v) is 2.49. The van der Waals surface area contributed by atoms with Gasteiger partial charge < -0.3 is 14.2 Å². The minimum atomic E-state index is -0.150. The third kappa shape index (κ3) is 1.17. The zero-order chi connectivity index (χ0) is 6.81. The fourth-order valence-corrected chi connectivity index (χ4v) is 1.25. The van der Waals surface area contributed by atoms with Crippen LogP contribution in [-0.2, 0) is 14.2 Å².